The summed E-state index contributed by atoms with van der Waals surface area (Å²) in [5.41, 5.74) is 1.84. The summed E-state index contributed by atoms with van der Waals surface area (Å²) in [7, 11) is 1.41. The summed E-state index contributed by atoms with van der Waals surface area (Å²) >= 11 is 4.54. The van der Waals surface area contributed by atoms with Gasteiger partial charge >= 0.3 is 5.97 Å². The molecule has 3 heterocycles. The average molecular weight is 322 g/mol. The van der Waals surface area contributed by atoms with Gasteiger partial charge in [-0.2, -0.15) is 11.3 Å². The van der Waals surface area contributed by atoms with Gasteiger partial charge < -0.3 is 4.74 Å². The van der Waals surface area contributed by atoms with E-state index in [1.165, 1.54) is 25.2 Å². The van der Waals surface area contributed by atoms with Crippen molar-refractivity contribution in [3.05, 3.63) is 40.2 Å². The number of esters is 1. The molecule has 0 saturated carbocycles. The van der Waals surface area contributed by atoms with Crippen LogP contribution in [0.5, 0.6) is 0 Å². The Bertz CT molecular complexity index is 724. The molecule has 3 aromatic heterocycles. The highest BCUT2D eigenvalue weighted by molar-refractivity contribution is 8.00. The maximum atomic E-state index is 12.0. The molecule has 0 fully saturated rings. The van der Waals surface area contributed by atoms with Gasteiger partial charge in [-0.05, 0) is 33.8 Å². The molecule has 20 heavy (non-hydrogen) atoms. The van der Waals surface area contributed by atoms with Crippen molar-refractivity contribution in [2.75, 3.05) is 7.11 Å². The minimum Gasteiger partial charge on any atom is -0.468 e. The second-order valence-corrected chi connectivity index (χ2v) is 6.68. The van der Waals surface area contributed by atoms with Crippen molar-refractivity contribution in [2.24, 2.45) is 0 Å². The fraction of sp³-hybridized carbons (Fsp3) is 0.154. The standard InChI is InChI=1S/C13H10N2O2S3/c1-17-13(16)10(8-2-4-18-6-8)20-12-11-9(3-5-19-11)14-7-15-12/h2-7,10H,1H3/t10-/m0/s1. The maximum absolute atomic E-state index is 12.0. The first kappa shape index (κ1) is 13.5. The zero-order valence-corrected chi connectivity index (χ0v) is 12.9. The Morgan fingerprint density at radius 3 is 3.00 bits per heavy atom. The van der Waals surface area contributed by atoms with Crippen LogP contribution >= 0.6 is 34.4 Å². The smallest absolute Gasteiger partial charge is 0.323 e. The topological polar surface area (TPSA) is 52.1 Å². The number of hydrogen-bond acceptors (Lipinski definition) is 7. The minimum atomic E-state index is -0.397. The van der Waals surface area contributed by atoms with Crippen molar-refractivity contribution in [3.8, 4) is 0 Å². The van der Waals surface area contributed by atoms with Crippen LogP contribution in [0.2, 0.25) is 0 Å². The van der Waals surface area contributed by atoms with E-state index < -0.39 is 5.25 Å². The number of carbonyl (C=O) groups is 1. The highest BCUT2D eigenvalue weighted by Crippen LogP contribution is 2.39. The molecule has 4 nitrogen and oxygen atoms in total. The van der Waals surface area contributed by atoms with E-state index in [2.05, 4.69) is 9.97 Å². The molecule has 1 atom stereocenters. The number of aromatic nitrogens is 2. The number of hydrogen-bond donors (Lipinski definition) is 0. The lowest BCUT2D eigenvalue weighted by atomic mass is 10.2. The molecule has 0 spiro atoms. The van der Waals surface area contributed by atoms with Crippen LogP contribution in [0.3, 0.4) is 0 Å². The Labute approximate surface area is 127 Å². The van der Waals surface area contributed by atoms with E-state index in [0.717, 1.165) is 20.8 Å². The zero-order chi connectivity index (χ0) is 13.9. The molecule has 0 aliphatic rings. The zero-order valence-electron chi connectivity index (χ0n) is 10.5. The van der Waals surface area contributed by atoms with E-state index in [0.29, 0.717) is 0 Å². The number of methoxy groups -OCH3 is 1. The summed E-state index contributed by atoms with van der Waals surface area (Å²) in [5, 5.41) is 6.30. The van der Waals surface area contributed by atoms with Gasteiger partial charge in [0.15, 0.2) is 0 Å². The Kier molecular flexibility index (Phi) is 4.00. The minimum absolute atomic E-state index is 0.267. The molecular formula is C13H10N2O2S3. The average Bonchev–Trinajstić information content (AvgIpc) is 3.14. The van der Waals surface area contributed by atoms with Gasteiger partial charge in [-0.25, -0.2) is 9.97 Å². The van der Waals surface area contributed by atoms with Gasteiger partial charge in [0.2, 0.25) is 0 Å². The summed E-state index contributed by atoms with van der Waals surface area (Å²) in [6, 6.07) is 3.88. The highest BCUT2D eigenvalue weighted by atomic mass is 32.2. The Hall–Kier alpha value is -1.44. The lowest BCUT2D eigenvalue weighted by molar-refractivity contribution is -0.140. The van der Waals surface area contributed by atoms with Crippen LogP contribution in [-0.4, -0.2) is 23.0 Å². The Morgan fingerprint density at radius 1 is 1.35 bits per heavy atom. The van der Waals surface area contributed by atoms with Gasteiger partial charge in [-0.1, -0.05) is 11.8 Å². The summed E-state index contributed by atoms with van der Waals surface area (Å²) in [5.74, 6) is -0.267. The van der Waals surface area contributed by atoms with E-state index in [1.54, 1.807) is 22.7 Å². The van der Waals surface area contributed by atoms with E-state index in [9.17, 15) is 4.79 Å². The quantitative estimate of drug-likeness (QED) is 0.416. The van der Waals surface area contributed by atoms with E-state index in [4.69, 9.17) is 4.74 Å². The molecule has 0 aliphatic heterocycles. The van der Waals surface area contributed by atoms with Crippen LogP contribution < -0.4 is 0 Å². The van der Waals surface area contributed by atoms with E-state index in [1.807, 2.05) is 28.3 Å². The van der Waals surface area contributed by atoms with Gasteiger partial charge in [0.1, 0.15) is 16.6 Å². The number of ether oxygens (including phenoxy) is 1. The van der Waals surface area contributed by atoms with Crippen molar-refractivity contribution in [1.29, 1.82) is 0 Å². The summed E-state index contributed by atoms with van der Waals surface area (Å²) in [4.78, 5) is 20.5. The highest BCUT2D eigenvalue weighted by Gasteiger charge is 2.25. The fourth-order valence-electron chi connectivity index (χ4n) is 1.75. The molecule has 0 radical (unpaired) electrons. The van der Waals surface area contributed by atoms with Gasteiger partial charge in [-0.15, -0.1) is 11.3 Å². The number of thioether (sulfide) groups is 1. The van der Waals surface area contributed by atoms with Crippen molar-refractivity contribution in [1.82, 2.24) is 9.97 Å². The molecule has 7 heteroatoms. The molecule has 3 aromatic rings. The van der Waals surface area contributed by atoms with Crippen molar-refractivity contribution < 1.29 is 9.53 Å². The third kappa shape index (κ3) is 2.56. The predicted octanol–water partition coefficient (Wildman–Crippen LogP) is 3.76. The third-order valence-electron chi connectivity index (χ3n) is 2.70. The fourth-order valence-corrected chi connectivity index (χ4v) is 4.55. The molecule has 0 aromatic carbocycles. The summed E-state index contributed by atoms with van der Waals surface area (Å²) in [6.45, 7) is 0. The Morgan fingerprint density at radius 2 is 2.25 bits per heavy atom. The molecule has 3 rings (SSSR count). The number of carbonyl (C=O) groups excluding carboxylic acids is 1. The Balaban J connectivity index is 1.97. The first-order chi connectivity index (χ1) is 9.79. The molecule has 0 amide bonds. The van der Waals surface area contributed by atoms with Crippen molar-refractivity contribution in [3.63, 3.8) is 0 Å². The SMILES string of the molecule is COC(=O)[C@@H](Sc1ncnc2ccsc12)c1ccsc1. The van der Waals surface area contributed by atoms with Crippen LogP contribution in [-0.2, 0) is 9.53 Å². The number of fused-ring (bicyclic) bond motifs is 1. The molecule has 0 bridgehead atoms. The molecule has 0 N–H and O–H groups in total. The van der Waals surface area contributed by atoms with Crippen LogP contribution in [0.1, 0.15) is 10.8 Å². The lowest BCUT2D eigenvalue weighted by Crippen LogP contribution is -2.10. The molecule has 102 valence electrons. The maximum Gasteiger partial charge on any atom is 0.323 e. The first-order valence-corrected chi connectivity index (χ1v) is 8.44. The van der Waals surface area contributed by atoms with Crippen LogP contribution in [0.25, 0.3) is 10.2 Å². The lowest BCUT2D eigenvalue weighted by Gasteiger charge is -2.12. The summed E-state index contributed by atoms with van der Waals surface area (Å²) in [6.07, 6.45) is 1.53. The van der Waals surface area contributed by atoms with Crippen LogP contribution in [0.15, 0.2) is 39.6 Å². The molecule has 0 aliphatic carbocycles. The first-order valence-electron chi connectivity index (χ1n) is 5.74. The van der Waals surface area contributed by atoms with Gasteiger partial charge in [0, 0.05) is 0 Å². The molecular weight excluding hydrogens is 312 g/mol. The van der Waals surface area contributed by atoms with Gasteiger partial charge in [0.05, 0.1) is 17.3 Å². The number of thiophene rings is 2. The van der Waals surface area contributed by atoms with Crippen molar-refractivity contribution in [2.45, 2.75) is 10.3 Å². The predicted molar refractivity (Wildman–Crippen MR) is 82.3 cm³/mol. The summed E-state index contributed by atoms with van der Waals surface area (Å²) < 4.78 is 5.91. The van der Waals surface area contributed by atoms with E-state index in [-0.39, 0.29) is 5.97 Å². The van der Waals surface area contributed by atoms with Gasteiger partial charge in [-0.3, -0.25) is 4.79 Å². The van der Waals surface area contributed by atoms with Crippen molar-refractivity contribution >= 4 is 50.6 Å². The third-order valence-corrected chi connectivity index (χ3v) is 5.68. The number of rotatable bonds is 4. The second kappa shape index (κ2) is 5.90. The van der Waals surface area contributed by atoms with E-state index >= 15 is 0 Å². The molecule has 0 unspecified atom stereocenters. The largest absolute Gasteiger partial charge is 0.468 e. The normalized spacial score (nSPS) is 12.4. The van der Waals surface area contributed by atoms with Crippen LogP contribution in [0, 0.1) is 0 Å². The van der Waals surface area contributed by atoms with Crippen LogP contribution in [0.4, 0.5) is 0 Å². The number of nitrogens with zero attached hydrogens (tertiary/aromatic N) is 2. The van der Waals surface area contributed by atoms with Gasteiger partial charge in [0.25, 0.3) is 0 Å². The molecule has 0 saturated heterocycles. The second-order valence-electron chi connectivity index (χ2n) is 3.89. The monoisotopic (exact) mass is 322 g/mol.